The number of amides is 1. The smallest absolute Gasteiger partial charge is 0.272 e. The molecule has 0 aliphatic carbocycles. The minimum atomic E-state index is -0.360. The van der Waals surface area contributed by atoms with Crippen LogP contribution in [0.15, 0.2) is 46.6 Å². The van der Waals surface area contributed by atoms with Crippen molar-refractivity contribution in [3.63, 3.8) is 0 Å². The largest absolute Gasteiger partial charge is 0.350 e. The fourth-order valence-electron chi connectivity index (χ4n) is 1.56. The summed E-state index contributed by atoms with van der Waals surface area (Å²) in [4.78, 5) is 23.0. The van der Waals surface area contributed by atoms with Crippen LogP contribution >= 0.6 is 0 Å². The monoisotopic (exact) mass is 258 g/mol. The van der Waals surface area contributed by atoms with Gasteiger partial charge in [0.25, 0.3) is 5.91 Å². The Bertz CT molecular complexity index is 682. The minimum absolute atomic E-state index is 0.163. The van der Waals surface area contributed by atoms with Crippen LogP contribution in [0.3, 0.4) is 0 Å². The zero-order chi connectivity index (χ0) is 13.8. The molecule has 0 radical (unpaired) electrons. The quantitative estimate of drug-likeness (QED) is 0.643. The zero-order valence-electron chi connectivity index (χ0n) is 10.7. The summed E-state index contributed by atoms with van der Waals surface area (Å²) in [7, 11) is 3.47. The maximum absolute atomic E-state index is 11.8. The molecule has 0 aliphatic rings. The standard InChI is InChI=1S/C13H14N4O2/c1-16-7-3-4-11(16)8-14-15-13(19)10-5-6-12(18)17(2)9-10/h3-9H,1-2H3,(H,15,19)/b14-8-. The zero-order valence-corrected chi connectivity index (χ0v) is 10.7. The van der Waals surface area contributed by atoms with Gasteiger partial charge in [0.2, 0.25) is 5.56 Å². The average molecular weight is 258 g/mol. The van der Waals surface area contributed by atoms with Crippen LogP contribution in [0.4, 0.5) is 0 Å². The van der Waals surface area contributed by atoms with E-state index in [0.717, 1.165) is 5.69 Å². The van der Waals surface area contributed by atoms with Crippen LogP contribution < -0.4 is 11.0 Å². The molecular formula is C13H14N4O2. The molecule has 0 bridgehead atoms. The summed E-state index contributed by atoms with van der Waals surface area (Å²) in [5.74, 6) is -0.360. The molecule has 1 N–H and O–H groups in total. The van der Waals surface area contributed by atoms with Crippen molar-refractivity contribution < 1.29 is 4.79 Å². The Morgan fingerprint density at radius 2 is 2.05 bits per heavy atom. The van der Waals surface area contributed by atoms with Gasteiger partial charge in [-0.1, -0.05) is 0 Å². The number of nitrogens with one attached hydrogen (secondary N) is 1. The number of hydrazone groups is 1. The molecule has 2 aromatic heterocycles. The molecule has 2 heterocycles. The molecule has 0 spiro atoms. The van der Waals surface area contributed by atoms with Crippen molar-refractivity contribution >= 4 is 12.1 Å². The molecule has 19 heavy (non-hydrogen) atoms. The number of nitrogens with zero attached hydrogens (tertiary/aromatic N) is 3. The Kier molecular flexibility index (Phi) is 3.61. The van der Waals surface area contributed by atoms with E-state index in [1.165, 1.54) is 22.9 Å². The van der Waals surface area contributed by atoms with Crippen LogP contribution in [-0.2, 0) is 14.1 Å². The topological polar surface area (TPSA) is 68.4 Å². The summed E-state index contributed by atoms with van der Waals surface area (Å²) in [5, 5.41) is 3.87. The van der Waals surface area contributed by atoms with Crippen LogP contribution in [0.2, 0.25) is 0 Å². The molecule has 0 saturated heterocycles. The molecule has 2 aromatic rings. The Morgan fingerprint density at radius 3 is 2.68 bits per heavy atom. The third-order valence-electron chi connectivity index (χ3n) is 2.69. The van der Waals surface area contributed by atoms with Crippen molar-refractivity contribution in [1.82, 2.24) is 14.6 Å². The maximum atomic E-state index is 11.8. The van der Waals surface area contributed by atoms with Crippen molar-refractivity contribution in [2.75, 3.05) is 0 Å². The van der Waals surface area contributed by atoms with E-state index in [0.29, 0.717) is 5.56 Å². The second-order valence-corrected chi connectivity index (χ2v) is 4.11. The molecular weight excluding hydrogens is 244 g/mol. The molecule has 0 atom stereocenters. The Balaban J connectivity index is 2.05. The van der Waals surface area contributed by atoms with Crippen LogP contribution in [0.5, 0.6) is 0 Å². The van der Waals surface area contributed by atoms with Crippen molar-refractivity contribution in [3.8, 4) is 0 Å². The maximum Gasteiger partial charge on any atom is 0.272 e. The number of hydrogen-bond acceptors (Lipinski definition) is 3. The van der Waals surface area contributed by atoms with Gasteiger partial charge < -0.3 is 9.13 Å². The first-order valence-corrected chi connectivity index (χ1v) is 5.69. The van der Waals surface area contributed by atoms with Gasteiger partial charge in [-0.3, -0.25) is 9.59 Å². The van der Waals surface area contributed by atoms with E-state index in [-0.39, 0.29) is 11.5 Å². The Morgan fingerprint density at radius 1 is 1.26 bits per heavy atom. The van der Waals surface area contributed by atoms with Gasteiger partial charge >= 0.3 is 0 Å². The molecule has 2 rings (SSSR count). The number of carbonyl (C=O) groups excluding carboxylic acids is 1. The van der Waals surface area contributed by atoms with Crippen molar-refractivity contribution in [3.05, 3.63) is 58.3 Å². The fraction of sp³-hybridized carbons (Fsp3) is 0.154. The van der Waals surface area contributed by atoms with Crippen LogP contribution in [0, 0.1) is 0 Å². The van der Waals surface area contributed by atoms with Crippen LogP contribution in [0.1, 0.15) is 16.1 Å². The van der Waals surface area contributed by atoms with E-state index in [2.05, 4.69) is 10.5 Å². The van der Waals surface area contributed by atoms with E-state index in [9.17, 15) is 9.59 Å². The van der Waals surface area contributed by atoms with Gasteiger partial charge in [-0.15, -0.1) is 0 Å². The lowest BCUT2D eigenvalue weighted by Gasteiger charge is -2.02. The molecule has 0 unspecified atom stereocenters. The summed E-state index contributed by atoms with van der Waals surface area (Å²) < 4.78 is 3.22. The second kappa shape index (κ2) is 5.34. The number of rotatable bonds is 3. The number of carbonyl (C=O) groups is 1. The lowest BCUT2D eigenvalue weighted by Crippen LogP contribution is -2.22. The van der Waals surface area contributed by atoms with Gasteiger partial charge in [-0.2, -0.15) is 5.10 Å². The first kappa shape index (κ1) is 12.8. The summed E-state index contributed by atoms with van der Waals surface area (Å²) in [6.45, 7) is 0. The van der Waals surface area contributed by atoms with Crippen molar-refractivity contribution in [2.24, 2.45) is 19.2 Å². The molecule has 6 heteroatoms. The molecule has 1 amide bonds. The number of aromatic nitrogens is 2. The first-order chi connectivity index (χ1) is 9.08. The van der Waals surface area contributed by atoms with Gasteiger partial charge in [0.15, 0.2) is 0 Å². The number of hydrogen-bond donors (Lipinski definition) is 1. The highest BCUT2D eigenvalue weighted by Crippen LogP contribution is 1.96. The minimum Gasteiger partial charge on any atom is -0.350 e. The number of aryl methyl sites for hydroxylation is 2. The molecule has 98 valence electrons. The van der Waals surface area contributed by atoms with Gasteiger partial charge in [-0.25, -0.2) is 5.43 Å². The summed E-state index contributed by atoms with van der Waals surface area (Å²) in [6.07, 6.45) is 4.91. The fourth-order valence-corrected chi connectivity index (χ4v) is 1.56. The van der Waals surface area contributed by atoms with E-state index in [1.807, 2.05) is 29.9 Å². The molecule has 0 aliphatic heterocycles. The molecule has 0 aromatic carbocycles. The summed E-state index contributed by atoms with van der Waals surface area (Å²) >= 11 is 0. The van der Waals surface area contributed by atoms with Gasteiger partial charge in [0.05, 0.1) is 17.5 Å². The summed E-state index contributed by atoms with van der Waals surface area (Å²) in [6, 6.07) is 6.57. The molecule has 0 saturated carbocycles. The SMILES string of the molecule is Cn1cccc1/C=N\NC(=O)c1ccc(=O)n(C)c1. The van der Waals surface area contributed by atoms with Crippen LogP contribution in [0.25, 0.3) is 0 Å². The highest BCUT2D eigenvalue weighted by atomic mass is 16.2. The van der Waals surface area contributed by atoms with Crippen molar-refractivity contribution in [2.45, 2.75) is 0 Å². The van der Waals surface area contributed by atoms with E-state index in [1.54, 1.807) is 13.3 Å². The highest BCUT2D eigenvalue weighted by Gasteiger charge is 2.04. The van der Waals surface area contributed by atoms with E-state index < -0.39 is 0 Å². The van der Waals surface area contributed by atoms with Gasteiger partial charge in [0.1, 0.15) is 0 Å². The molecule has 6 nitrogen and oxygen atoms in total. The van der Waals surface area contributed by atoms with E-state index >= 15 is 0 Å². The third-order valence-corrected chi connectivity index (χ3v) is 2.69. The van der Waals surface area contributed by atoms with E-state index in [4.69, 9.17) is 0 Å². The van der Waals surface area contributed by atoms with Crippen LogP contribution in [-0.4, -0.2) is 21.3 Å². The normalized spacial score (nSPS) is 10.8. The Labute approximate surface area is 110 Å². The molecule has 0 fully saturated rings. The second-order valence-electron chi connectivity index (χ2n) is 4.11. The summed E-state index contributed by atoms with van der Waals surface area (Å²) in [5.41, 5.74) is 3.51. The number of pyridine rings is 1. The van der Waals surface area contributed by atoms with Crippen molar-refractivity contribution in [1.29, 1.82) is 0 Å². The lowest BCUT2D eigenvalue weighted by molar-refractivity contribution is 0.0954. The predicted molar refractivity (Wildman–Crippen MR) is 72.2 cm³/mol. The third kappa shape index (κ3) is 2.98. The predicted octanol–water partition coefficient (Wildman–Crippen LogP) is 0.488. The average Bonchev–Trinajstić information content (AvgIpc) is 2.78. The van der Waals surface area contributed by atoms with Gasteiger partial charge in [-0.05, 0) is 18.2 Å². The van der Waals surface area contributed by atoms with Gasteiger partial charge in [0, 0.05) is 32.6 Å². The first-order valence-electron chi connectivity index (χ1n) is 5.69. The Hall–Kier alpha value is -2.63. The lowest BCUT2D eigenvalue weighted by atomic mass is 10.3. The highest BCUT2D eigenvalue weighted by molar-refractivity contribution is 5.94.